The van der Waals surface area contributed by atoms with Crippen LogP contribution in [0.5, 0.6) is 0 Å². The van der Waals surface area contributed by atoms with Crippen molar-refractivity contribution >= 4 is 0 Å². The first kappa shape index (κ1) is 14.0. The molecule has 1 rings (SSSR count). The fraction of sp³-hybridized carbons (Fsp3) is 0.500. The van der Waals surface area contributed by atoms with Gasteiger partial charge in [0.05, 0.1) is 0 Å². The van der Waals surface area contributed by atoms with E-state index in [1.807, 2.05) is 0 Å². The molecule has 1 aromatic carbocycles. The Hall–Kier alpha value is -1.08. The van der Waals surface area contributed by atoms with E-state index in [9.17, 15) is 0 Å². The van der Waals surface area contributed by atoms with Gasteiger partial charge in [-0.05, 0) is 58.2 Å². The van der Waals surface area contributed by atoms with Crippen molar-refractivity contribution in [2.45, 2.75) is 46.1 Å². The topological polar surface area (TPSA) is 12.0 Å². The molecule has 0 aliphatic carbocycles. The highest BCUT2D eigenvalue weighted by atomic mass is 14.9. The van der Waals surface area contributed by atoms with Gasteiger partial charge in [0.25, 0.3) is 0 Å². The molecule has 0 aliphatic heterocycles. The Morgan fingerprint density at radius 3 is 2.47 bits per heavy atom. The molecule has 0 atom stereocenters. The van der Waals surface area contributed by atoms with Crippen molar-refractivity contribution in [2.75, 3.05) is 6.54 Å². The molecule has 0 fully saturated rings. The molecule has 1 aromatic rings. The van der Waals surface area contributed by atoms with E-state index in [1.54, 1.807) is 0 Å². The quantitative estimate of drug-likeness (QED) is 0.599. The molecule has 0 unspecified atom stereocenters. The molecule has 0 bridgehead atoms. The summed E-state index contributed by atoms with van der Waals surface area (Å²) in [6.45, 7) is 9.82. The van der Waals surface area contributed by atoms with Gasteiger partial charge in [-0.25, -0.2) is 0 Å². The lowest BCUT2D eigenvalue weighted by Gasteiger charge is -2.19. The Balaban J connectivity index is 2.25. The van der Waals surface area contributed by atoms with Gasteiger partial charge in [-0.3, -0.25) is 0 Å². The van der Waals surface area contributed by atoms with E-state index in [0.29, 0.717) is 0 Å². The molecule has 17 heavy (non-hydrogen) atoms. The number of benzene rings is 1. The third-order valence-electron chi connectivity index (χ3n) is 2.73. The van der Waals surface area contributed by atoms with Crippen molar-refractivity contribution in [1.29, 1.82) is 0 Å². The third kappa shape index (κ3) is 6.28. The van der Waals surface area contributed by atoms with Crippen molar-refractivity contribution in [1.82, 2.24) is 5.32 Å². The van der Waals surface area contributed by atoms with Crippen LogP contribution < -0.4 is 5.32 Å². The summed E-state index contributed by atoms with van der Waals surface area (Å²) >= 11 is 0. The largest absolute Gasteiger partial charge is 0.312 e. The number of nitrogens with one attached hydrogen (secondary N) is 1. The minimum absolute atomic E-state index is 0.226. The average Bonchev–Trinajstić information content (AvgIpc) is 2.24. The zero-order valence-electron chi connectivity index (χ0n) is 11.6. The summed E-state index contributed by atoms with van der Waals surface area (Å²) in [7, 11) is 0. The van der Waals surface area contributed by atoms with Gasteiger partial charge in [0.2, 0.25) is 0 Å². The Morgan fingerprint density at radius 2 is 1.82 bits per heavy atom. The second-order valence-corrected chi connectivity index (χ2v) is 5.57. The maximum Gasteiger partial charge on any atom is 0.00966 e. The van der Waals surface area contributed by atoms with E-state index in [1.165, 1.54) is 11.1 Å². The molecule has 0 aromatic heterocycles. The van der Waals surface area contributed by atoms with Crippen LogP contribution in [-0.2, 0) is 6.42 Å². The fourth-order valence-electron chi connectivity index (χ4n) is 1.70. The van der Waals surface area contributed by atoms with Crippen LogP contribution >= 0.6 is 0 Å². The molecule has 0 spiro atoms. The van der Waals surface area contributed by atoms with Crippen LogP contribution in [0.4, 0.5) is 0 Å². The van der Waals surface area contributed by atoms with Crippen molar-refractivity contribution < 1.29 is 0 Å². The normalized spacial score (nSPS) is 12.2. The van der Waals surface area contributed by atoms with Crippen molar-refractivity contribution in [3.05, 3.63) is 47.5 Å². The predicted octanol–water partition coefficient (Wildman–Crippen LogP) is 3.87. The molecule has 0 heterocycles. The zero-order valence-corrected chi connectivity index (χ0v) is 11.6. The molecule has 0 saturated heterocycles. The van der Waals surface area contributed by atoms with Crippen molar-refractivity contribution in [2.24, 2.45) is 0 Å². The second kappa shape index (κ2) is 6.61. The fourth-order valence-corrected chi connectivity index (χ4v) is 1.70. The molecular formula is C16H25N. The number of allylic oxidation sites excluding steroid dienone is 1. The molecule has 0 radical (unpaired) electrons. The zero-order chi connectivity index (χ0) is 12.7. The highest BCUT2D eigenvalue weighted by Crippen LogP contribution is 2.08. The summed E-state index contributed by atoms with van der Waals surface area (Å²) < 4.78 is 0. The SMILES string of the molecule is Cc1ccccc1CC=CCCNC(C)(C)C. The van der Waals surface area contributed by atoms with Crippen molar-refractivity contribution in [3.8, 4) is 0 Å². The van der Waals surface area contributed by atoms with Gasteiger partial charge in [-0.2, -0.15) is 0 Å². The Bertz CT molecular complexity index is 358. The third-order valence-corrected chi connectivity index (χ3v) is 2.73. The minimum atomic E-state index is 0.226. The first-order chi connectivity index (χ1) is 7.99. The van der Waals surface area contributed by atoms with Gasteiger partial charge in [-0.15, -0.1) is 0 Å². The smallest absolute Gasteiger partial charge is 0.00966 e. The van der Waals surface area contributed by atoms with Gasteiger partial charge in [0, 0.05) is 5.54 Å². The number of rotatable bonds is 5. The van der Waals surface area contributed by atoms with Gasteiger partial charge in [-0.1, -0.05) is 36.4 Å². The van der Waals surface area contributed by atoms with E-state index in [2.05, 4.69) is 69.4 Å². The lowest BCUT2D eigenvalue weighted by atomic mass is 10.1. The maximum absolute atomic E-state index is 3.48. The van der Waals surface area contributed by atoms with Crippen LogP contribution in [0.15, 0.2) is 36.4 Å². The van der Waals surface area contributed by atoms with Crippen LogP contribution in [0.3, 0.4) is 0 Å². The molecule has 0 amide bonds. The maximum atomic E-state index is 3.48. The first-order valence-electron chi connectivity index (χ1n) is 6.43. The monoisotopic (exact) mass is 231 g/mol. The Morgan fingerprint density at radius 1 is 1.12 bits per heavy atom. The van der Waals surface area contributed by atoms with Gasteiger partial charge < -0.3 is 5.32 Å². The number of hydrogen-bond donors (Lipinski definition) is 1. The van der Waals surface area contributed by atoms with E-state index in [4.69, 9.17) is 0 Å². The van der Waals surface area contributed by atoms with Crippen LogP contribution in [0.2, 0.25) is 0 Å². The Labute approximate surface area is 106 Å². The lowest BCUT2D eigenvalue weighted by Crippen LogP contribution is -2.36. The molecular weight excluding hydrogens is 206 g/mol. The molecule has 1 N–H and O–H groups in total. The van der Waals surface area contributed by atoms with E-state index < -0.39 is 0 Å². The van der Waals surface area contributed by atoms with Crippen LogP contribution in [-0.4, -0.2) is 12.1 Å². The van der Waals surface area contributed by atoms with Gasteiger partial charge >= 0.3 is 0 Å². The van der Waals surface area contributed by atoms with Gasteiger partial charge in [0.1, 0.15) is 0 Å². The van der Waals surface area contributed by atoms with Crippen LogP contribution in [0, 0.1) is 6.92 Å². The molecule has 94 valence electrons. The van der Waals surface area contributed by atoms with Crippen LogP contribution in [0.1, 0.15) is 38.3 Å². The minimum Gasteiger partial charge on any atom is -0.312 e. The van der Waals surface area contributed by atoms with Crippen LogP contribution in [0.25, 0.3) is 0 Å². The molecule has 0 saturated carbocycles. The molecule has 1 nitrogen and oxygen atoms in total. The van der Waals surface area contributed by atoms with Crippen molar-refractivity contribution in [3.63, 3.8) is 0 Å². The highest BCUT2D eigenvalue weighted by Gasteiger charge is 2.06. The summed E-state index contributed by atoms with van der Waals surface area (Å²) in [6, 6.07) is 8.57. The Kier molecular flexibility index (Phi) is 5.43. The molecule has 1 heteroatoms. The number of aryl methyl sites for hydroxylation is 1. The van der Waals surface area contributed by atoms with Gasteiger partial charge in [0.15, 0.2) is 0 Å². The summed E-state index contributed by atoms with van der Waals surface area (Å²) in [5.41, 5.74) is 3.03. The summed E-state index contributed by atoms with van der Waals surface area (Å²) in [5.74, 6) is 0. The van der Waals surface area contributed by atoms with E-state index in [-0.39, 0.29) is 5.54 Å². The first-order valence-corrected chi connectivity index (χ1v) is 6.43. The number of hydrogen-bond acceptors (Lipinski definition) is 1. The summed E-state index contributed by atoms with van der Waals surface area (Å²) in [6.07, 6.45) is 6.68. The van der Waals surface area contributed by atoms with E-state index >= 15 is 0 Å². The predicted molar refractivity (Wildman–Crippen MR) is 76.4 cm³/mol. The average molecular weight is 231 g/mol. The second-order valence-electron chi connectivity index (χ2n) is 5.57. The lowest BCUT2D eigenvalue weighted by molar-refractivity contribution is 0.431. The molecule has 0 aliphatic rings. The summed E-state index contributed by atoms with van der Waals surface area (Å²) in [5, 5.41) is 3.48. The standard InChI is InChI=1S/C16H25N/c1-14-10-7-8-12-15(14)11-6-5-9-13-17-16(2,3)4/h5-8,10,12,17H,9,11,13H2,1-4H3. The van der Waals surface area contributed by atoms with E-state index in [0.717, 1.165) is 19.4 Å². The summed E-state index contributed by atoms with van der Waals surface area (Å²) in [4.78, 5) is 0. The highest BCUT2D eigenvalue weighted by molar-refractivity contribution is 5.27.